The van der Waals surface area contributed by atoms with Gasteiger partial charge in [-0.3, -0.25) is 4.57 Å². The zero-order chi connectivity index (χ0) is 40.1. The number of aromatic nitrogens is 4. The van der Waals surface area contributed by atoms with Gasteiger partial charge in [-0.15, -0.1) is 11.0 Å². The summed E-state index contributed by atoms with van der Waals surface area (Å²) >= 11 is 0. The number of phenols is 1. The number of fused-ring (bicyclic) bond motifs is 5. The third-order valence-electron chi connectivity index (χ3n) is 11.4. The molecular formula is C52H49N4OPt-. The Bertz CT molecular complexity index is 3060. The molecule has 0 saturated heterocycles. The van der Waals surface area contributed by atoms with Crippen molar-refractivity contribution >= 4 is 43.7 Å². The number of rotatable bonds is 4. The summed E-state index contributed by atoms with van der Waals surface area (Å²) in [6, 6.07) is 38.8. The smallest absolute Gasteiger partial charge is 0.144 e. The number of imidazole rings is 1. The van der Waals surface area contributed by atoms with Crippen LogP contribution >= 0.6 is 0 Å². The van der Waals surface area contributed by atoms with Crippen LogP contribution in [0, 0.1) is 27.7 Å². The van der Waals surface area contributed by atoms with Crippen LogP contribution < -0.4 is 4.98 Å². The first-order valence-electron chi connectivity index (χ1n) is 19.9. The van der Waals surface area contributed by atoms with Crippen molar-refractivity contribution in [2.75, 3.05) is 0 Å². The normalized spacial score (nSPS) is 12.2. The molecule has 0 aliphatic carbocycles. The van der Waals surface area contributed by atoms with Gasteiger partial charge < -0.3 is 10.1 Å². The molecule has 0 aliphatic rings. The standard InChI is InChI=1S/C52H49N4O.Pt/c1-29-19-30(2)22-33(21-29)39-28-44(54-49-37(39)13-12-16-46(49)57)38-14-11-15-45-48(38)55-50(56(45)36-23-31(3)20-32(4)24-36)42-27-35(52(8,9)10)26-41-40-25-34(51(5,6)7)17-18-43(40)53-47(41)42;/h11-28H,1-10H3,(H-,53,54,55,57);/q-1;. The van der Waals surface area contributed by atoms with E-state index in [2.05, 4.69) is 165 Å². The van der Waals surface area contributed by atoms with E-state index in [1.807, 2.05) is 12.1 Å². The molecule has 0 bridgehead atoms. The van der Waals surface area contributed by atoms with Crippen molar-refractivity contribution in [2.24, 2.45) is 0 Å². The summed E-state index contributed by atoms with van der Waals surface area (Å²) in [7, 11) is 0. The first-order chi connectivity index (χ1) is 27.0. The van der Waals surface area contributed by atoms with Gasteiger partial charge in [-0.1, -0.05) is 125 Å². The maximum Gasteiger partial charge on any atom is 0.144 e. The molecule has 5 nitrogen and oxygen atoms in total. The summed E-state index contributed by atoms with van der Waals surface area (Å²) in [6.45, 7) is 22.2. The van der Waals surface area contributed by atoms with Gasteiger partial charge in [-0.05, 0) is 119 Å². The van der Waals surface area contributed by atoms with Gasteiger partial charge in [0.1, 0.15) is 17.1 Å². The second kappa shape index (κ2) is 14.1. The molecule has 58 heavy (non-hydrogen) atoms. The number of hydrogen-bond acceptors (Lipinski definition) is 3. The van der Waals surface area contributed by atoms with Crippen LogP contribution in [-0.4, -0.2) is 19.6 Å². The second-order valence-electron chi connectivity index (χ2n) is 18.2. The van der Waals surface area contributed by atoms with E-state index >= 15 is 0 Å². The fourth-order valence-electron chi connectivity index (χ4n) is 8.57. The first-order valence-corrected chi connectivity index (χ1v) is 19.9. The SMILES string of the molecule is Cc1cc(C)cc(-c2cc(-c3cccc4c3nc(-c3cc(C(C)(C)C)cc5c3[n-]c3ccc(C(C)(C)C)cc35)n4-c3cc(C)cc(C)c3)nc3c(O)cccc23)c1.[Pt]. The molecule has 9 aromatic rings. The van der Waals surface area contributed by atoms with Crippen molar-refractivity contribution in [3.8, 4) is 45.2 Å². The third kappa shape index (κ3) is 6.74. The molecule has 6 aromatic carbocycles. The molecule has 1 N–H and O–H groups in total. The van der Waals surface area contributed by atoms with Gasteiger partial charge in [0.15, 0.2) is 0 Å². The van der Waals surface area contributed by atoms with E-state index in [1.54, 1.807) is 6.07 Å². The quantitative estimate of drug-likeness (QED) is 0.191. The number of hydrogen-bond donors (Lipinski definition) is 1. The molecular weight excluding hydrogens is 892 g/mol. The van der Waals surface area contributed by atoms with Crippen molar-refractivity contribution in [3.05, 3.63) is 143 Å². The van der Waals surface area contributed by atoms with Crippen molar-refractivity contribution in [2.45, 2.75) is 80.1 Å². The largest absolute Gasteiger partial charge is 0.656 e. The van der Waals surface area contributed by atoms with Gasteiger partial charge in [0.25, 0.3) is 0 Å². The number of para-hydroxylation sites is 2. The summed E-state index contributed by atoms with van der Waals surface area (Å²) in [5.41, 5.74) is 17.2. The molecule has 0 saturated carbocycles. The van der Waals surface area contributed by atoms with Gasteiger partial charge in [0.2, 0.25) is 0 Å². The Labute approximate surface area is 355 Å². The number of benzene rings is 6. The van der Waals surface area contributed by atoms with Crippen LogP contribution in [0.4, 0.5) is 0 Å². The van der Waals surface area contributed by atoms with Crippen LogP contribution in [0.25, 0.3) is 83.2 Å². The van der Waals surface area contributed by atoms with E-state index in [-0.39, 0.29) is 37.6 Å². The topological polar surface area (TPSA) is 65.0 Å². The first kappa shape index (κ1) is 39.3. The van der Waals surface area contributed by atoms with Gasteiger partial charge in [0.05, 0.1) is 16.7 Å². The number of aromatic hydroxyl groups is 1. The van der Waals surface area contributed by atoms with E-state index < -0.39 is 0 Å². The second-order valence-corrected chi connectivity index (χ2v) is 18.2. The fraction of sp³-hybridized carbons (Fsp3) is 0.231. The van der Waals surface area contributed by atoms with Crippen molar-refractivity contribution in [1.82, 2.24) is 19.5 Å². The predicted octanol–water partition coefficient (Wildman–Crippen LogP) is 13.4. The van der Waals surface area contributed by atoms with Gasteiger partial charge in [0, 0.05) is 43.3 Å². The summed E-state index contributed by atoms with van der Waals surface area (Å²) in [6.07, 6.45) is 0. The zero-order valence-electron chi connectivity index (χ0n) is 34.9. The van der Waals surface area contributed by atoms with Crippen LogP contribution in [0.3, 0.4) is 0 Å². The number of aryl methyl sites for hydroxylation is 4. The Morgan fingerprint density at radius 2 is 1.19 bits per heavy atom. The molecule has 0 amide bonds. The molecule has 294 valence electrons. The van der Waals surface area contributed by atoms with E-state index in [9.17, 15) is 5.11 Å². The molecule has 3 aromatic heterocycles. The average molecular weight is 941 g/mol. The monoisotopic (exact) mass is 940 g/mol. The number of nitrogens with zero attached hydrogens (tertiary/aromatic N) is 4. The van der Waals surface area contributed by atoms with E-state index in [0.717, 1.165) is 72.3 Å². The van der Waals surface area contributed by atoms with E-state index in [1.165, 1.54) is 38.8 Å². The van der Waals surface area contributed by atoms with E-state index in [4.69, 9.17) is 15.0 Å². The van der Waals surface area contributed by atoms with Crippen LogP contribution in [0.15, 0.2) is 109 Å². The molecule has 9 rings (SSSR count). The van der Waals surface area contributed by atoms with Crippen LogP contribution in [-0.2, 0) is 31.9 Å². The number of phenolic OH excluding ortho intramolecular Hbond substituents is 1. The molecule has 0 radical (unpaired) electrons. The van der Waals surface area contributed by atoms with Crippen LogP contribution in [0.1, 0.15) is 74.9 Å². The number of pyridine rings is 1. The van der Waals surface area contributed by atoms with E-state index in [0.29, 0.717) is 5.52 Å². The summed E-state index contributed by atoms with van der Waals surface area (Å²) in [5, 5.41) is 14.5. The Morgan fingerprint density at radius 3 is 1.86 bits per heavy atom. The van der Waals surface area contributed by atoms with Crippen molar-refractivity contribution < 1.29 is 26.2 Å². The zero-order valence-corrected chi connectivity index (χ0v) is 37.2. The van der Waals surface area contributed by atoms with Gasteiger partial charge in [-0.2, -0.15) is 0 Å². The maximum absolute atomic E-state index is 11.3. The molecule has 6 heteroatoms. The minimum Gasteiger partial charge on any atom is -0.656 e. The molecule has 0 atom stereocenters. The Balaban J connectivity index is 0.00000469. The van der Waals surface area contributed by atoms with Crippen LogP contribution in [0.5, 0.6) is 5.75 Å². The molecule has 0 unspecified atom stereocenters. The minimum atomic E-state index is -0.127. The molecule has 0 fully saturated rings. The molecule has 3 heterocycles. The van der Waals surface area contributed by atoms with Gasteiger partial charge >= 0.3 is 0 Å². The summed E-state index contributed by atoms with van der Waals surface area (Å²) < 4.78 is 2.31. The van der Waals surface area contributed by atoms with Crippen molar-refractivity contribution in [3.63, 3.8) is 0 Å². The van der Waals surface area contributed by atoms with Crippen molar-refractivity contribution in [1.29, 1.82) is 0 Å². The minimum absolute atomic E-state index is 0. The molecule has 0 aliphatic heterocycles. The van der Waals surface area contributed by atoms with Crippen LogP contribution in [0.2, 0.25) is 0 Å². The average Bonchev–Trinajstić information content (AvgIpc) is 3.71. The summed E-state index contributed by atoms with van der Waals surface area (Å²) in [4.78, 5) is 16.2. The Kier molecular flexibility index (Phi) is 9.56. The molecule has 0 spiro atoms. The third-order valence-corrected chi connectivity index (χ3v) is 11.4. The maximum atomic E-state index is 11.3. The van der Waals surface area contributed by atoms with Gasteiger partial charge in [-0.25, -0.2) is 9.97 Å². The fourth-order valence-corrected chi connectivity index (χ4v) is 8.57. The Morgan fingerprint density at radius 1 is 0.552 bits per heavy atom. The predicted molar refractivity (Wildman–Crippen MR) is 239 cm³/mol. The Hall–Kier alpha value is -5.51. The summed E-state index contributed by atoms with van der Waals surface area (Å²) in [5.74, 6) is 0.981.